The number of unbranched alkanes of at least 4 members (excludes halogenated alkanes) is 3. The molecule has 1 saturated heterocycles. The molecule has 3 rings (SSSR count). The predicted octanol–water partition coefficient (Wildman–Crippen LogP) is 4.35. The summed E-state index contributed by atoms with van der Waals surface area (Å²) in [5, 5.41) is 8.93. The monoisotopic (exact) mass is 565 g/mol. The van der Waals surface area contributed by atoms with E-state index < -0.39 is 36.2 Å². The van der Waals surface area contributed by atoms with Gasteiger partial charge >= 0.3 is 12.1 Å². The molecule has 1 aliphatic rings. The number of carbonyl (C=O) groups is 3. The minimum atomic E-state index is -1.33. The number of hydrogen-bond acceptors (Lipinski definition) is 8. The lowest BCUT2D eigenvalue weighted by Gasteiger charge is -2.28. The molecule has 1 N–H and O–H groups in total. The van der Waals surface area contributed by atoms with Crippen molar-refractivity contribution in [1.82, 2.24) is 4.90 Å². The Kier molecular flexibility index (Phi) is 10.5. The third-order valence-corrected chi connectivity index (χ3v) is 6.62. The fourth-order valence-electron chi connectivity index (χ4n) is 4.19. The van der Waals surface area contributed by atoms with Crippen LogP contribution in [0.4, 0.5) is 4.79 Å². The van der Waals surface area contributed by atoms with Crippen molar-refractivity contribution >= 4 is 33.9 Å². The highest BCUT2D eigenvalue weighted by atomic mass is 79.9. The van der Waals surface area contributed by atoms with Gasteiger partial charge in [-0.05, 0) is 46.8 Å². The topological polar surface area (TPSA) is 116 Å². The number of carbonyl (C=O) groups excluding carboxylic acids is 3. The Hall–Kier alpha value is -2.69. The molecule has 2 aromatic rings. The van der Waals surface area contributed by atoms with Crippen molar-refractivity contribution in [3.8, 4) is 0 Å². The highest BCUT2D eigenvalue weighted by Crippen LogP contribution is 2.33. The van der Waals surface area contributed by atoms with Gasteiger partial charge in [0.1, 0.15) is 18.1 Å². The number of nitrogens with zero attached hydrogens (tertiary/aromatic N) is 1. The first-order chi connectivity index (χ1) is 17.3. The zero-order valence-electron chi connectivity index (χ0n) is 20.5. The minimum absolute atomic E-state index is 0.0564. The van der Waals surface area contributed by atoms with Gasteiger partial charge in [0, 0.05) is 27.1 Å². The number of amides is 2. The van der Waals surface area contributed by atoms with Crippen LogP contribution in [0.5, 0.6) is 0 Å². The summed E-state index contributed by atoms with van der Waals surface area (Å²) in [6.45, 7) is 1.45. The first-order valence-electron chi connectivity index (χ1n) is 12.0. The van der Waals surface area contributed by atoms with Crippen molar-refractivity contribution in [2.75, 3.05) is 20.3 Å². The van der Waals surface area contributed by atoms with Crippen LogP contribution in [0.25, 0.3) is 0 Å². The number of cyclic esters (lactones) is 1. The summed E-state index contributed by atoms with van der Waals surface area (Å²) in [5.74, 6) is -0.422. The Morgan fingerprint density at radius 2 is 1.92 bits per heavy atom. The van der Waals surface area contributed by atoms with Crippen LogP contribution in [-0.4, -0.2) is 60.4 Å². The molecular weight excluding hydrogens is 534 g/mol. The molecule has 1 aromatic heterocycles. The second kappa shape index (κ2) is 13.6. The average molecular weight is 566 g/mol. The molecule has 36 heavy (non-hydrogen) atoms. The molecule has 0 spiro atoms. The van der Waals surface area contributed by atoms with Crippen molar-refractivity contribution in [3.05, 3.63) is 58.0 Å². The first kappa shape index (κ1) is 27.9. The van der Waals surface area contributed by atoms with Gasteiger partial charge < -0.3 is 23.7 Å². The summed E-state index contributed by atoms with van der Waals surface area (Å²) in [5.41, 5.74) is 0.947. The maximum Gasteiger partial charge on any atom is 0.417 e. The number of halogens is 1. The van der Waals surface area contributed by atoms with Crippen LogP contribution in [0.1, 0.15) is 55.8 Å². The summed E-state index contributed by atoms with van der Waals surface area (Å²) in [4.78, 5) is 39.1. The third-order valence-electron chi connectivity index (χ3n) is 5.95. The number of imide groups is 1. The molecule has 0 saturated carbocycles. The highest BCUT2D eigenvalue weighted by Gasteiger charge is 2.45. The fraction of sp³-hybridized carbons (Fsp3) is 0.500. The molecule has 1 aliphatic heterocycles. The second-order valence-electron chi connectivity index (χ2n) is 8.62. The molecule has 10 heteroatoms. The maximum atomic E-state index is 13.6. The number of aliphatic hydroxyl groups excluding tert-OH is 1. The number of aliphatic hydroxyl groups is 1. The van der Waals surface area contributed by atoms with E-state index in [2.05, 4.69) is 15.9 Å². The normalized spacial score (nSPS) is 17.1. The standard InChI is InChI=1S/C26H32BrNO8/c1-17(30)35-23(22-15-20(27)21(36-22)12-8-3-4-9-13-29)24(33-2)25(31)28-19(16-34-26(28)32)14-18-10-6-5-7-11-18/h5-7,10-11,15,19,23-24,29H,3-4,8-9,12-14,16H2,1-2H3. The summed E-state index contributed by atoms with van der Waals surface area (Å²) in [6, 6.07) is 10.6. The van der Waals surface area contributed by atoms with E-state index in [0.29, 0.717) is 23.1 Å². The van der Waals surface area contributed by atoms with Crippen molar-refractivity contribution in [2.45, 2.75) is 63.7 Å². The number of benzene rings is 1. The van der Waals surface area contributed by atoms with E-state index in [1.807, 2.05) is 30.3 Å². The largest absolute Gasteiger partial charge is 0.461 e. The molecule has 0 bridgehead atoms. The molecule has 9 nitrogen and oxygen atoms in total. The molecule has 196 valence electrons. The minimum Gasteiger partial charge on any atom is -0.461 e. The lowest BCUT2D eigenvalue weighted by atomic mass is 10.0. The SMILES string of the molecule is COC(C(=O)N1C(=O)OCC1Cc1ccccc1)C(OC(C)=O)c1cc(Br)c(CCCCCCO)o1. The molecule has 1 fully saturated rings. The van der Waals surface area contributed by atoms with Crippen LogP contribution in [0.3, 0.4) is 0 Å². The Bertz CT molecular complexity index is 1020. The van der Waals surface area contributed by atoms with E-state index in [1.165, 1.54) is 14.0 Å². The Labute approximate surface area is 218 Å². The summed E-state index contributed by atoms with van der Waals surface area (Å²) >= 11 is 3.48. The molecule has 0 aliphatic carbocycles. The fourth-order valence-corrected chi connectivity index (χ4v) is 4.70. The van der Waals surface area contributed by atoms with Crippen LogP contribution < -0.4 is 0 Å². The van der Waals surface area contributed by atoms with Crippen molar-refractivity contribution in [3.63, 3.8) is 0 Å². The van der Waals surface area contributed by atoms with Crippen LogP contribution in [0.2, 0.25) is 0 Å². The number of methoxy groups -OCH3 is 1. The summed E-state index contributed by atoms with van der Waals surface area (Å²) in [6.07, 6.45) is 1.18. The number of ether oxygens (including phenoxy) is 3. The zero-order chi connectivity index (χ0) is 26.1. The van der Waals surface area contributed by atoms with Crippen molar-refractivity contribution in [1.29, 1.82) is 0 Å². The lowest BCUT2D eigenvalue weighted by Crippen LogP contribution is -2.48. The molecule has 0 radical (unpaired) electrons. The second-order valence-corrected chi connectivity index (χ2v) is 9.48. The van der Waals surface area contributed by atoms with Crippen molar-refractivity contribution < 1.29 is 38.1 Å². The molecule has 2 heterocycles. The van der Waals surface area contributed by atoms with E-state index in [0.717, 1.165) is 36.1 Å². The quantitative estimate of drug-likeness (QED) is 0.281. The predicted molar refractivity (Wildman–Crippen MR) is 133 cm³/mol. The highest BCUT2D eigenvalue weighted by molar-refractivity contribution is 9.10. The molecule has 2 amide bonds. The summed E-state index contributed by atoms with van der Waals surface area (Å²) in [7, 11) is 1.31. The van der Waals surface area contributed by atoms with Gasteiger partial charge in [0.15, 0.2) is 12.2 Å². The van der Waals surface area contributed by atoms with E-state index in [4.69, 9.17) is 23.7 Å². The van der Waals surface area contributed by atoms with Crippen molar-refractivity contribution in [2.24, 2.45) is 0 Å². The first-order valence-corrected chi connectivity index (χ1v) is 12.8. The van der Waals surface area contributed by atoms with Crippen LogP contribution in [-0.2, 0) is 36.6 Å². The van der Waals surface area contributed by atoms with Gasteiger partial charge in [-0.3, -0.25) is 9.59 Å². The van der Waals surface area contributed by atoms with Crippen LogP contribution in [0.15, 0.2) is 45.3 Å². The number of rotatable bonds is 13. The number of hydrogen-bond donors (Lipinski definition) is 1. The van der Waals surface area contributed by atoms with Gasteiger partial charge in [-0.25, -0.2) is 9.69 Å². The van der Waals surface area contributed by atoms with Gasteiger partial charge in [-0.2, -0.15) is 0 Å². The van der Waals surface area contributed by atoms with Gasteiger partial charge in [0.05, 0.1) is 10.5 Å². The number of aryl methyl sites for hydroxylation is 1. The van der Waals surface area contributed by atoms with E-state index >= 15 is 0 Å². The zero-order valence-corrected chi connectivity index (χ0v) is 22.1. The molecule has 3 atom stereocenters. The van der Waals surface area contributed by atoms with Gasteiger partial charge in [0.2, 0.25) is 0 Å². The van der Waals surface area contributed by atoms with E-state index in [9.17, 15) is 14.4 Å². The smallest absolute Gasteiger partial charge is 0.417 e. The van der Waals surface area contributed by atoms with E-state index in [-0.39, 0.29) is 19.0 Å². The molecule has 1 aromatic carbocycles. The summed E-state index contributed by atoms with van der Waals surface area (Å²) < 4.78 is 22.8. The van der Waals surface area contributed by atoms with Gasteiger partial charge in [-0.15, -0.1) is 0 Å². The molecule has 3 unspecified atom stereocenters. The molecular formula is C26H32BrNO8. The number of furan rings is 1. The Morgan fingerprint density at radius 3 is 2.58 bits per heavy atom. The van der Waals surface area contributed by atoms with Gasteiger partial charge in [-0.1, -0.05) is 43.2 Å². The Morgan fingerprint density at radius 1 is 1.19 bits per heavy atom. The van der Waals surface area contributed by atoms with E-state index in [1.54, 1.807) is 6.07 Å². The van der Waals surface area contributed by atoms with Crippen LogP contribution in [0, 0.1) is 0 Å². The third kappa shape index (κ3) is 7.18. The maximum absolute atomic E-state index is 13.6. The lowest BCUT2D eigenvalue weighted by molar-refractivity contribution is -0.164. The average Bonchev–Trinajstić information content (AvgIpc) is 3.40. The number of esters is 1. The van der Waals surface area contributed by atoms with Crippen LogP contribution >= 0.6 is 15.9 Å². The Balaban J connectivity index is 1.80. The van der Waals surface area contributed by atoms with Gasteiger partial charge in [0.25, 0.3) is 5.91 Å².